The molecule has 4 aliphatic rings. The molecule has 210 valence electrons. The minimum absolute atomic E-state index is 0.00203. The summed E-state index contributed by atoms with van der Waals surface area (Å²) in [5.74, 6) is 0.482. The standard InChI is InChI=1S/C29H48N2O6/c1-16(4-9-25(35)31-22(27(36)37)7-8-24(30)34)19-5-6-20-26-21(11-13-29(19,20)3)28(2)12-10-18(32)14-17(28)15-23(26)33/h16-23,26,32-33H,4-15H2,1-3H3,(H2,30,34)(H,31,35)(H,36,37)/t16-,17+,18-,19-,20+,21+,22?,23-,26+,28+,29-/m1/s1. The fourth-order valence-corrected chi connectivity index (χ4v) is 9.55. The smallest absolute Gasteiger partial charge is 0.326 e. The zero-order valence-corrected chi connectivity index (χ0v) is 22.8. The molecule has 4 rings (SSSR count). The van der Waals surface area contributed by atoms with Gasteiger partial charge < -0.3 is 26.4 Å². The summed E-state index contributed by atoms with van der Waals surface area (Å²) in [5, 5.41) is 33.6. The van der Waals surface area contributed by atoms with Crippen molar-refractivity contribution in [1.29, 1.82) is 0 Å². The molecule has 11 atom stereocenters. The molecule has 1 unspecified atom stereocenters. The highest BCUT2D eigenvalue weighted by Gasteiger charge is 2.62. The van der Waals surface area contributed by atoms with Gasteiger partial charge in [-0.2, -0.15) is 0 Å². The van der Waals surface area contributed by atoms with Crippen LogP contribution in [0, 0.1) is 46.3 Å². The van der Waals surface area contributed by atoms with Gasteiger partial charge in [-0.05, 0) is 111 Å². The van der Waals surface area contributed by atoms with Gasteiger partial charge in [-0.1, -0.05) is 20.8 Å². The monoisotopic (exact) mass is 520 g/mol. The summed E-state index contributed by atoms with van der Waals surface area (Å²) in [6.45, 7) is 7.06. The third-order valence-corrected chi connectivity index (χ3v) is 11.6. The molecule has 4 saturated carbocycles. The van der Waals surface area contributed by atoms with Gasteiger partial charge in [0, 0.05) is 12.8 Å². The molecule has 4 fully saturated rings. The number of nitrogens with two attached hydrogens (primary N) is 1. The van der Waals surface area contributed by atoms with E-state index in [1.54, 1.807) is 0 Å². The Hall–Kier alpha value is -1.67. The SMILES string of the molecule is C[C@H](CCC(=O)NC(CCC(N)=O)C(=O)O)[C@H]1CC[C@H]2[C@@H]3[C@H](O)C[C@@H]4C[C@H](O)CC[C@]4(C)[C@H]3CC[C@]12C. The van der Waals surface area contributed by atoms with Gasteiger partial charge in [-0.25, -0.2) is 4.79 Å². The molecule has 0 aromatic heterocycles. The number of aliphatic hydroxyl groups excluding tert-OH is 2. The summed E-state index contributed by atoms with van der Waals surface area (Å²) in [6, 6.07) is -1.10. The second-order valence-electron chi connectivity index (χ2n) is 13.4. The van der Waals surface area contributed by atoms with Crippen molar-refractivity contribution in [3.63, 3.8) is 0 Å². The first-order valence-electron chi connectivity index (χ1n) is 14.5. The number of carbonyl (C=O) groups is 3. The van der Waals surface area contributed by atoms with Crippen LogP contribution in [0.3, 0.4) is 0 Å². The number of aliphatic carboxylic acids is 1. The number of rotatable bonds is 9. The zero-order valence-electron chi connectivity index (χ0n) is 22.8. The summed E-state index contributed by atoms with van der Waals surface area (Å²) in [6.07, 6.45) is 8.41. The van der Waals surface area contributed by atoms with E-state index in [2.05, 4.69) is 26.1 Å². The summed E-state index contributed by atoms with van der Waals surface area (Å²) < 4.78 is 0. The first-order valence-corrected chi connectivity index (χ1v) is 14.5. The van der Waals surface area contributed by atoms with E-state index in [-0.39, 0.29) is 48.2 Å². The lowest BCUT2D eigenvalue weighted by atomic mass is 9.43. The molecule has 0 aromatic carbocycles. The van der Waals surface area contributed by atoms with Gasteiger partial charge in [-0.15, -0.1) is 0 Å². The normalized spacial score (nSPS) is 42.6. The molecular weight excluding hydrogens is 472 g/mol. The molecule has 0 aromatic rings. The highest BCUT2D eigenvalue weighted by atomic mass is 16.4. The van der Waals surface area contributed by atoms with Crippen molar-refractivity contribution in [3.8, 4) is 0 Å². The molecule has 0 spiro atoms. The maximum absolute atomic E-state index is 12.6. The van der Waals surface area contributed by atoms with Gasteiger partial charge in [-0.3, -0.25) is 9.59 Å². The summed E-state index contributed by atoms with van der Waals surface area (Å²) in [4.78, 5) is 35.0. The van der Waals surface area contributed by atoms with E-state index >= 15 is 0 Å². The van der Waals surface area contributed by atoms with E-state index in [4.69, 9.17) is 5.73 Å². The van der Waals surface area contributed by atoms with Crippen LogP contribution in [0.25, 0.3) is 0 Å². The second-order valence-corrected chi connectivity index (χ2v) is 13.4. The van der Waals surface area contributed by atoms with Crippen molar-refractivity contribution in [2.24, 2.45) is 52.1 Å². The number of carboxylic acid groups (broad SMARTS) is 1. The van der Waals surface area contributed by atoms with Crippen molar-refractivity contribution in [3.05, 3.63) is 0 Å². The Morgan fingerprint density at radius 3 is 2.30 bits per heavy atom. The van der Waals surface area contributed by atoms with Crippen LogP contribution in [-0.2, 0) is 14.4 Å². The Morgan fingerprint density at radius 2 is 1.62 bits per heavy atom. The Morgan fingerprint density at radius 1 is 0.946 bits per heavy atom. The van der Waals surface area contributed by atoms with Gasteiger partial charge in [0.2, 0.25) is 11.8 Å². The lowest BCUT2D eigenvalue weighted by molar-refractivity contribution is -0.174. The average molecular weight is 521 g/mol. The van der Waals surface area contributed by atoms with E-state index in [9.17, 15) is 29.7 Å². The highest BCUT2D eigenvalue weighted by Crippen LogP contribution is 2.68. The zero-order chi connectivity index (χ0) is 27.1. The van der Waals surface area contributed by atoms with Crippen molar-refractivity contribution in [2.75, 3.05) is 0 Å². The van der Waals surface area contributed by atoms with Gasteiger partial charge in [0.15, 0.2) is 0 Å². The second kappa shape index (κ2) is 10.8. The molecule has 37 heavy (non-hydrogen) atoms. The first-order chi connectivity index (χ1) is 17.4. The van der Waals surface area contributed by atoms with Crippen LogP contribution in [0.15, 0.2) is 0 Å². The third-order valence-electron chi connectivity index (χ3n) is 11.6. The molecule has 0 bridgehead atoms. The molecule has 4 aliphatic carbocycles. The minimum atomic E-state index is -1.15. The number of fused-ring (bicyclic) bond motifs is 5. The van der Waals surface area contributed by atoms with Crippen LogP contribution in [0.2, 0.25) is 0 Å². The molecule has 0 radical (unpaired) electrons. The number of nitrogens with one attached hydrogen (secondary N) is 1. The third kappa shape index (κ3) is 5.42. The fraction of sp³-hybridized carbons (Fsp3) is 0.897. The van der Waals surface area contributed by atoms with Crippen LogP contribution in [0.4, 0.5) is 0 Å². The van der Waals surface area contributed by atoms with Crippen molar-refractivity contribution in [2.45, 2.75) is 116 Å². The summed E-state index contributed by atoms with van der Waals surface area (Å²) in [7, 11) is 0. The van der Waals surface area contributed by atoms with Gasteiger partial charge in [0.05, 0.1) is 12.2 Å². The van der Waals surface area contributed by atoms with Crippen molar-refractivity contribution in [1.82, 2.24) is 5.32 Å². The molecule has 0 saturated heterocycles. The van der Waals surface area contributed by atoms with Crippen molar-refractivity contribution < 1.29 is 29.7 Å². The van der Waals surface area contributed by atoms with Gasteiger partial charge in [0.1, 0.15) is 6.04 Å². The predicted octanol–water partition coefficient (Wildman–Crippen LogP) is 3.23. The van der Waals surface area contributed by atoms with Crippen molar-refractivity contribution >= 4 is 17.8 Å². The maximum Gasteiger partial charge on any atom is 0.326 e. The average Bonchev–Trinajstić information content (AvgIpc) is 3.18. The van der Waals surface area contributed by atoms with Crippen LogP contribution < -0.4 is 11.1 Å². The van der Waals surface area contributed by atoms with Crippen LogP contribution in [0.5, 0.6) is 0 Å². The minimum Gasteiger partial charge on any atom is -0.480 e. The Balaban J connectivity index is 1.38. The Bertz CT molecular complexity index is 880. The summed E-state index contributed by atoms with van der Waals surface area (Å²) >= 11 is 0. The van der Waals surface area contributed by atoms with Gasteiger partial charge in [0.25, 0.3) is 0 Å². The number of primary amides is 1. The first kappa shape index (κ1) is 28.3. The molecule has 8 heteroatoms. The quantitative estimate of drug-likeness (QED) is 0.315. The predicted molar refractivity (Wildman–Crippen MR) is 139 cm³/mol. The largest absolute Gasteiger partial charge is 0.480 e. The highest BCUT2D eigenvalue weighted by molar-refractivity contribution is 5.84. The van der Waals surface area contributed by atoms with E-state index < -0.39 is 17.9 Å². The van der Waals surface area contributed by atoms with E-state index in [1.807, 2.05) is 0 Å². The van der Waals surface area contributed by atoms with E-state index in [0.29, 0.717) is 41.9 Å². The van der Waals surface area contributed by atoms with E-state index in [0.717, 1.165) is 51.4 Å². The fourth-order valence-electron chi connectivity index (χ4n) is 9.55. The number of aliphatic hydroxyl groups is 2. The number of carbonyl (C=O) groups excluding carboxylic acids is 2. The lowest BCUT2D eigenvalue weighted by Crippen LogP contribution is -2.58. The number of amides is 2. The van der Waals surface area contributed by atoms with Crippen LogP contribution >= 0.6 is 0 Å². The molecule has 8 nitrogen and oxygen atoms in total. The Kier molecular flexibility index (Phi) is 8.30. The van der Waals surface area contributed by atoms with Gasteiger partial charge >= 0.3 is 5.97 Å². The Labute approximate surface area is 221 Å². The van der Waals surface area contributed by atoms with Crippen LogP contribution in [0.1, 0.15) is 97.8 Å². The summed E-state index contributed by atoms with van der Waals surface area (Å²) in [5.41, 5.74) is 5.48. The molecule has 6 N–H and O–H groups in total. The number of carboxylic acids is 1. The number of hydrogen-bond donors (Lipinski definition) is 5. The molecule has 2 amide bonds. The maximum atomic E-state index is 12.6. The molecule has 0 aliphatic heterocycles. The lowest BCUT2D eigenvalue weighted by Gasteiger charge is -2.62. The van der Waals surface area contributed by atoms with Crippen LogP contribution in [-0.4, -0.2) is 51.4 Å². The topological polar surface area (TPSA) is 150 Å². The molecule has 0 heterocycles. The number of hydrogen-bond acceptors (Lipinski definition) is 5. The molecular formula is C29H48N2O6. The van der Waals surface area contributed by atoms with E-state index in [1.165, 1.54) is 0 Å².